The standard InChI is InChI=1S/C12H15FO3S/c1-3-8(2)7-17(16)9-4-5-11(13)10(6-9)12(14)15/h4-6,8H,3,7H2,1-2H3,(H,14,15). The van der Waals surface area contributed by atoms with Crippen LogP contribution in [0.2, 0.25) is 0 Å². The van der Waals surface area contributed by atoms with Gasteiger partial charge in [0, 0.05) is 10.6 Å². The van der Waals surface area contributed by atoms with Crippen LogP contribution in [0.4, 0.5) is 4.39 Å². The number of halogens is 1. The minimum Gasteiger partial charge on any atom is -0.478 e. The maximum absolute atomic E-state index is 13.1. The van der Waals surface area contributed by atoms with Gasteiger partial charge in [0.05, 0.1) is 16.4 Å². The minimum absolute atomic E-state index is 0.286. The number of carbonyl (C=O) groups is 1. The Hall–Kier alpha value is -1.23. The van der Waals surface area contributed by atoms with Crippen LogP contribution in [0.5, 0.6) is 0 Å². The lowest BCUT2D eigenvalue weighted by Crippen LogP contribution is -2.09. The van der Waals surface area contributed by atoms with Crippen molar-refractivity contribution in [3.8, 4) is 0 Å². The maximum Gasteiger partial charge on any atom is 0.338 e. The fraction of sp³-hybridized carbons (Fsp3) is 0.417. The van der Waals surface area contributed by atoms with E-state index in [0.717, 1.165) is 18.6 Å². The zero-order chi connectivity index (χ0) is 13.0. The van der Waals surface area contributed by atoms with Crippen molar-refractivity contribution in [1.29, 1.82) is 0 Å². The van der Waals surface area contributed by atoms with E-state index in [1.165, 1.54) is 6.07 Å². The third-order valence-corrected chi connectivity index (χ3v) is 4.22. The van der Waals surface area contributed by atoms with Crippen LogP contribution in [0.25, 0.3) is 0 Å². The fourth-order valence-corrected chi connectivity index (χ4v) is 2.70. The molecule has 3 nitrogen and oxygen atoms in total. The topological polar surface area (TPSA) is 54.4 Å². The Bertz CT molecular complexity index is 445. The smallest absolute Gasteiger partial charge is 0.338 e. The lowest BCUT2D eigenvalue weighted by Gasteiger charge is -2.08. The first kappa shape index (κ1) is 13.8. The Morgan fingerprint density at radius 2 is 2.18 bits per heavy atom. The quantitative estimate of drug-likeness (QED) is 0.883. The highest BCUT2D eigenvalue weighted by Crippen LogP contribution is 2.16. The summed E-state index contributed by atoms with van der Waals surface area (Å²) < 4.78 is 25.0. The van der Waals surface area contributed by atoms with Gasteiger partial charge in [0.1, 0.15) is 5.82 Å². The van der Waals surface area contributed by atoms with E-state index < -0.39 is 28.1 Å². The summed E-state index contributed by atoms with van der Waals surface area (Å²) in [4.78, 5) is 11.1. The highest BCUT2D eigenvalue weighted by molar-refractivity contribution is 7.85. The number of rotatable bonds is 5. The average Bonchev–Trinajstić information content (AvgIpc) is 2.28. The van der Waals surface area contributed by atoms with Gasteiger partial charge in [-0.2, -0.15) is 0 Å². The molecule has 0 spiro atoms. The normalized spacial score (nSPS) is 14.3. The van der Waals surface area contributed by atoms with Crippen molar-refractivity contribution in [1.82, 2.24) is 0 Å². The minimum atomic E-state index is -1.34. The van der Waals surface area contributed by atoms with Crippen LogP contribution in [-0.4, -0.2) is 21.0 Å². The molecule has 94 valence electrons. The van der Waals surface area contributed by atoms with Gasteiger partial charge in [-0.1, -0.05) is 20.3 Å². The molecule has 1 rings (SSSR count). The van der Waals surface area contributed by atoms with Gasteiger partial charge in [0.25, 0.3) is 0 Å². The first-order chi connectivity index (χ1) is 7.95. The number of aromatic carboxylic acids is 1. The monoisotopic (exact) mass is 258 g/mol. The van der Waals surface area contributed by atoms with Gasteiger partial charge in [0.15, 0.2) is 0 Å². The van der Waals surface area contributed by atoms with Crippen molar-refractivity contribution < 1.29 is 18.5 Å². The van der Waals surface area contributed by atoms with E-state index in [1.807, 2.05) is 13.8 Å². The van der Waals surface area contributed by atoms with Crippen LogP contribution >= 0.6 is 0 Å². The number of hydrogen-bond donors (Lipinski definition) is 1. The van der Waals surface area contributed by atoms with E-state index in [9.17, 15) is 13.4 Å². The maximum atomic E-state index is 13.1. The van der Waals surface area contributed by atoms with Crippen molar-refractivity contribution in [2.24, 2.45) is 5.92 Å². The van der Waals surface area contributed by atoms with Crippen LogP contribution in [0, 0.1) is 11.7 Å². The third kappa shape index (κ3) is 3.63. The predicted molar refractivity (Wildman–Crippen MR) is 64.1 cm³/mol. The van der Waals surface area contributed by atoms with Crippen molar-refractivity contribution in [2.45, 2.75) is 25.2 Å². The van der Waals surface area contributed by atoms with Gasteiger partial charge in [-0.15, -0.1) is 0 Å². The van der Waals surface area contributed by atoms with Gasteiger partial charge in [-0.25, -0.2) is 9.18 Å². The number of hydrogen-bond acceptors (Lipinski definition) is 2. The van der Waals surface area contributed by atoms with Gasteiger partial charge in [-0.05, 0) is 24.1 Å². The molecule has 0 aliphatic rings. The SMILES string of the molecule is CCC(C)CS(=O)c1ccc(F)c(C(=O)O)c1. The summed E-state index contributed by atoms with van der Waals surface area (Å²) in [5, 5.41) is 8.76. The summed E-state index contributed by atoms with van der Waals surface area (Å²) in [5.41, 5.74) is -0.431. The van der Waals surface area contributed by atoms with Gasteiger partial charge in [0.2, 0.25) is 0 Å². The fourth-order valence-electron chi connectivity index (χ4n) is 1.28. The molecule has 0 radical (unpaired) electrons. The van der Waals surface area contributed by atoms with Gasteiger partial charge < -0.3 is 5.11 Å². The number of carboxylic acid groups (broad SMARTS) is 1. The Morgan fingerprint density at radius 1 is 1.53 bits per heavy atom. The van der Waals surface area contributed by atoms with Crippen LogP contribution in [0.15, 0.2) is 23.1 Å². The molecule has 0 saturated carbocycles. The van der Waals surface area contributed by atoms with E-state index in [2.05, 4.69) is 0 Å². The summed E-state index contributed by atoms with van der Waals surface area (Å²) in [5.74, 6) is -1.40. The third-order valence-electron chi connectivity index (χ3n) is 2.56. The Morgan fingerprint density at radius 3 is 2.71 bits per heavy atom. The number of benzene rings is 1. The molecule has 0 aliphatic heterocycles. The summed E-state index contributed by atoms with van der Waals surface area (Å²) in [6.45, 7) is 3.97. The van der Waals surface area contributed by atoms with Crippen LogP contribution in [-0.2, 0) is 10.8 Å². The van der Waals surface area contributed by atoms with Crippen molar-refractivity contribution in [3.05, 3.63) is 29.6 Å². The second-order valence-electron chi connectivity index (χ2n) is 3.97. The van der Waals surface area contributed by atoms with E-state index in [0.29, 0.717) is 10.6 Å². The molecule has 2 unspecified atom stereocenters. The highest BCUT2D eigenvalue weighted by atomic mass is 32.2. The first-order valence-electron chi connectivity index (χ1n) is 5.37. The molecule has 0 saturated heterocycles. The summed E-state index contributed by atoms with van der Waals surface area (Å²) in [6, 6.07) is 3.57. The summed E-state index contributed by atoms with van der Waals surface area (Å²) in [7, 11) is -1.28. The first-order valence-corrected chi connectivity index (χ1v) is 6.68. The molecule has 0 amide bonds. The lowest BCUT2D eigenvalue weighted by atomic mass is 10.2. The van der Waals surface area contributed by atoms with Crippen molar-refractivity contribution in [2.75, 3.05) is 5.75 Å². The van der Waals surface area contributed by atoms with E-state index in [4.69, 9.17) is 5.11 Å². The molecule has 0 bridgehead atoms. The number of carboxylic acids is 1. The Balaban J connectivity index is 2.96. The van der Waals surface area contributed by atoms with Crippen LogP contribution < -0.4 is 0 Å². The molecule has 0 aromatic heterocycles. The molecule has 1 aromatic rings. The molecule has 1 N–H and O–H groups in total. The molecule has 5 heteroatoms. The van der Waals surface area contributed by atoms with Crippen LogP contribution in [0.3, 0.4) is 0 Å². The molecule has 2 atom stereocenters. The molecule has 17 heavy (non-hydrogen) atoms. The van der Waals surface area contributed by atoms with E-state index in [1.54, 1.807) is 0 Å². The summed E-state index contributed by atoms with van der Waals surface area (Å²) >= 11 is 0. The lowest BCUT2D eigenvalue weighted by molar-refractivity contribution is 0.0691. The van der Waals surface area contributed by atoms with Gasteiger partial charge >= 0.3 is 5.97 Å². The second kappa shape index (κ2) is 5.91. The van der Waals surface area contributed by atoms with Crippen molar-refractivity contribution >= 4 is 16.8 Å². The van der Waals surface area contributed by atoms with Crippen LogP contribution in [0.1, 0.15) is 30.6 Å². The van der Waals surface area contributed by atoms with E-state index in [-0.39, 0.29) is 5.92 Å². The summed E-state index contributed by atoms with van der Waals surface area (Å²) in [6.07, 6.45) is 0.902. The predicted octanol–water partition coefficient (Wildman–Crippen LogP) is 2.68. The zero-order valence-electron chi connectivity index (χ0n) is 9.77. The van der Waals surface area contributed by atoms with E-state index >= 15 is 0 Å². The molecular formula is C12H15FO3S. The molecule has 0 heterocycles. The molecule has 0 fully saturated rings. The molecule has 0 aliphatic carbocycles. The van der Waals surface area contributed by atoms with Gasteiger partial charge in [-0.3, -0.25) is 4.21 Å². The second-order valence-corrected chi connectivity index (χ2v) is 5.47. The van der Waals surface area contributed by atoms with Crippen molar-refractivity contribution in [3.63, 3.8) is 0 Å². The molecular weight excluding hydrogens is 243 g/mol. The Kier molecular flexibility index (Phi) is 4.81. The molecule has 1 aromatic carbocycles. The highest BCUT2D eigenvalue weighted by Gasteiger charge is 2.14. The Labute approximate surface area is 102 Å². The average molecular weight is 258 g/mol. The zero-order valence-corrected chi connectivity index (χ0v) is 10.6. The largest absolute Gasteiger partial charge is 0.478 e.